The zero-order valence-corrected chi connectivity index (χ0v) is 16.5. The van der Waals surface area contributed by atoms with Crippen molar-refractivity contribution in [1.82, 2.24) is 0 Å². The largest absolute Gasteiger partial charge is 0.478 e. The molecule has 0 heterocycles. The molecule has 2 N–H and O–H groups in total. The van der Waals surface area contributed by atoms with E-state index < -0.39 is 11.9 Å². The molecule has 2 saturated carbocycles. The molecule has 2 radical (unpaired) electrons. The summed E-state index contributed by atoms with van der Waals surface area (Å²) < 4.78 is 0. The van der Waals surface area contributed by atoms with Gasteiger partial charge in [0.2, 0.25) is 0 Å². The molecule has 0 atom stereocenters. The normalized spacial score (nSPS) is 20.8. The van der Waals surface area contributed by atoms with Gasteiger partial charge >= 0.3 is 11.9 Å². The fraction of sp³-hybridized carbons (Fsp3) is 0.714. The van der Waals surface area contributed by atoms with Gasteiger partial charge in [0.05, 0.1) is 11.1 Å². The maximum Gasteiger partial charge on any atom is 0.332 e. The van der Waals surface area contributed by atoms with Gasteiger partial charge < -0.3 is 10.2 Å². The van der Waals surface area contributed by atoms with E-state index in [0.29, 0.717) is 0 Å². The van der Waals surface area contributed by atoms with Crippen LogP contribution in [0.5, 0.6) is 0 Å². The second kappa shape index (κ2) is 9.65. The molecule has 0 aromatic carbocycles. The number of hydrogen-bond donors (Lipinski definition) is 2. The molecule has 0 aromatic heterocycles. The van der Waals surface area contributed by atoms with E-state index in [1.165, 1.54) is 0 Å². The Morgan fingerprint density at radius 1 is 0.650 bits per heavy atom. The Hall–Kier alpha value is 0.680. The first-order valence-corrected chi connectivity index (χ1v) is 6.82. The molecule has 2 aliphatic rings. The van der Waals surface area contributed by atoms with Crippen molar-refractivity contribution in [2.24, 2.45) is 11.8 Å². The number of carboxylic acids is 2. The van der Waals surface area contributed by atoms with E-state index in [-0.39, 0.29) is 82.1 Å². The van der Waals surface area contributed by atoms with Crippen molar-refractivity contribution >= 4 is 71.1 Å². The summed E-state index contributed by atoms with van der Waals surface area (Å²) in [4.78, 5) is 22.9. The zero-order chi connectivity index (χ0) is 13.1. The first kappa shape index (κ1) is 20.7. The van der Waals surface area contributed by atoms with Crippen molar-refractivity contribution < 1.29 is 19.8 Å². The van der Waals surface area contributed by atoms with E-state index in [9.17, 15) is 19.8 Å². The van der Waals surface area contributed by atoms with Crippen LogP contribution in [-0.2, 0) is 9.59 Å². The van der Waals surface area contributed by atoms with E-state index in [4.69, 9.17) is 0 Å². The number of carbonyl (C=O) groups is 2. The fourth-order valence-electron chi connectivity index (χ4n) is 3.45. The van der Waals surface area contributed by atoms with Crippen LogP contribution in [0.1, 0.15) is 51.4 Å². The Morgan fingerprint density at radius 2 is 0.900 bits per heavy atom. The van der Waals surface area contributed by atoms with Crippen molar-refractivity contribution in [2.75, 3.05) is 0 Å². The van der Waals surface area contributed by atoms with Crippen LogP contribution in [0, 0.1) is 11.8 Å². The van der Waals surface area contributed by atoms with Crippen LogP contribution in [0.3, 0.4) is 0 Å². The summed E-state index contributed by atoms with van der Waals surface area (Å²) in [6.45, 7) is 0. The van der Waals surface area contributed by atoms with Crippen LogP contribution in [0.15, 0.2) is 11.1 Å². The smallest absolute Gasteiger partial charge is 0.332 e. The average molecular weight is 298 g/mol. The number of carboxylic acid groups (broad SMARTS) is 2. The van der Waals surface area contributed by atoms with Crippen LogP contribution in [0.4, 0.5) is 0 Å². The summed E-state index contributed by atoms with van der Waals surface area (Å²) in [5, 5.41) is 18.8. The first-order valence-electron chi connectivity index (χ1n) is 6.82. The van der Waals surface area contributed by atoms with E-state index >= 15 is 0 Å². The molecular formula is C14H20Na2O4. The molecule has 102 valence electrons. The molecular weight excluding hydrogens is 278 g/mol. The molecule has 0 saturated heterocycles. The van der Waals surface area contributed by atoms with Gasteiger partial charge in [-0.3, -0.25) is 0 Å². The summed E-state index contributed by atoms with van der Waals surface area (Å²) in [6, 6.07) is 0. The Kier molecular flexibility index (Phi) is 9.98. The second-order valence-corrected chi connectivity index (χ2v) is 5.40. The predicted octanol–water partition coefficient (Wildman–Crippen LogP) is 2.07. The maximum atomic E-state index is 11.5. The minimum atomic E-state index is -1.02. The van der Waals surface area contributed by atoms with Gasteiger partial charge in [-0.2, -0.15) is 0 Å². The standard InChI is InChI=1S/C14H20O4.2Na/c15-13(16)11(9-5-1-2-6-9)12(14(17)18)10-7-3-4-8-10;;/h9-10H,1-8H2,(H,15,16)(H,17,18);;/b12-11-;;. The third kappa shape index (κ3) is 4.85. The van der Waals surface area contributed by atoms with Gasteiger partial charge in [-0.05, 0) is 37.5 Å². The third-order valence-electron chi connectivity index (χ3n) is 4.28. The maximum absolute atomic E-state index is 11.5. The van der Waals surface area contributed by atoms with Crippen molar-refractivity contribution in [1.29, 1.82) is 0 Å². The SMILES string of the molecule is O=C(O)/C(=C(\C(=O)O)C1CCCC1)C1CCCC1.[Na].[Na]. The molecule has 6 heteroatoms. The van der Waals surface area contributed by atoms with Crippen molar-refractivity contribution in [3.8, 4) is 0 Å². The van der Waals surface area contributed by atoms with Gasteiger partial charge in [0.15, 0.2) is 0 Å². The number of aliphatic carboxylic acids is 2. The van der Waals surface area contributed by atoms with Gasteiger partial charge in [0, 0.05) is 59.1 Å². The molecule has 0 spiro atoms. The minimum absolute atomic E-state index is 0. The van der Waals surface area contributed by atoms with Crippen molar-refractivity contribution in [3.63, 3.8) is 0 Å². The first-order chi connectivity index (χ1) is 8.61. The van der Waals surface area contributed by atoms with Crippen molar-refractivity contribution in [2.45, 2.75) is 51.4 Å². The third-order valence-corrected chi connectivity index (χ3v) is 4.28. The van der Waals surface area contributed by atoms with Crippen LogP contribution >= 0.6 is 0 Å². The zero-order valence-electron chi connectivity index (χ0n) is 12.5. The van der Waals surface area contributed by atoms with Gasteiger partial charge in [-0.25, -0.2) is 9.59 Å². The quantitative estimate of drug-likeness (QED) is 0.615. The van der Waals surface area contributed by atoms with E-state index in [1.807, 2.05) is 0 Å². The van der Waals surface area contributed by atoms with Crippen LogP contribution in [-0.4, -0.2) is 81.3 Å². The van der Waals surface area contributed by atoms with Crippen LogP contribution in [0.2, 0.25) is 0 Å². The summed E-state index contributed by atoms with van der Waals surface area (Å²) in [7, 11) is 0. The van der Waals surface area contributed by atoms with E-state index in [0.717, 1.165) is 51.4 Å². The Morgan fingerprint density at radius 3 is 1.10 bits per heavy atom. The monoisotopic (exact) mass is 298 g/mol. The van der Waals surface area contributed by atoms with Crippen LogP contribution in [0.25, 0.3) is 0 Å². The predicted molar refractivity (Wildman–Crippen MR) is 77.7 cm³/mol. The summed E-state index contributed by atoms with van der Waals surface area (Å²) in [6.07, 6.45) is 7.35. The molecule has 4 nitrogen and oxygen atoms in total. The van der Waals surface area contributed by atoms with Crippen molar-refractivity contribution in [3.05, 3.63) is 11.1 Å². The molecule has 0 bridgehead atoms. The number of hydrogen-bond acceptors (Lipinski definition) is 2. The number of rotatable bonds is 4. The van der Waals surface area contributed by atoms with Gasteiger partial charge in [0.25, 0.3) is 0 Å². The van der Waals surface area contributed by atoms with Gasteiger partial charge in [-0.1, -0.05) is 25.7 Å². The Labute approximate surface area is 164 Å². The fourth-order valence-corrected chi connectivity index (χ4v) is 3.45. The summed E-state index contributed by atoms with van der Waals surface area (Å²) in [5.74, 6) is -2.14. The molecule has 2 aliphatic carbocycles. The Balaban J connectivity index is 0.00000180. The van der Waals surface area contributed by atoms with Gasteiger partial charge in [0.1, 0.15) is 0 Å². The summed E-state index contributed by atoms with van der Waals surface area (Å²) in [5.41, 5.74) is 0.402. The van der Waals surface area contributed by atoms with E-state index in [2.05, 4.69) is 0 Å². The molecule has 0 aromatic rings. The van der Waals surface area contributed by atoms with Crippen LogP contribution < -0.4 is 0 Å². The second-order valence-electron chi connectivity index (χ2n) is 5.40. The molecule has 2 rings (SSSR count). The minimum Gasteiger partial charge on any atom is -0.478 e. The molecule has 2 fully saturated rings. The van der Waals surface area contributed by atoms with Gasteiger partial charge in [-0.15, -0.1) is 0 Å². The molecule has 0 unspecified atom stereocenters. The average Bonchev–Trinajstić information content (AvgIpc) is 2.97. The topological polar surface area (TPSA) is 74.6 Å². The Bertz CT molecular complexity index is 345. The van der Waals surface area contributed by atoms with E-state index in [1.54, 1.807) is 0 Å². The summed E-state index contributed by atoms with van der Waals surface area (Å²) >= 11 is 0. The molecule has 0 aliphatic heterocycles. The molecule has 0 amide bonds. The molecule has 20 heavy (non-hydrogen) atoms.